The lowest BCUT2D eigenvalue weighted by Gasteiger charge is -2.08. The Morgan fingerprint density at radius 2 is 2.06 bits per heavy atom. The summed E-state index contributed by atoms with van der Waals surface area (Å²) in [5.41, 5.74) is 1.97. The quantitative estimate of drug-likeness (QED) is 0.509. The lowest BCUT2D eigenvalue weighted by Crippen LogP contribution is -2.12. The monoisotopic (exact) mass is 252 g/mol. The van der Waals surface area contributed by atoms with Crippen LogP contribution < -0.4 is 0 Å². The Labute approximate surface area is 105 Å². The van der Waals surface area contributed by atoms with Gasteiger partial charge in [-0.05, 0) is 31.1 Å². The van der Waals surface area contributed by atoms with Crippen LogP contribution in [0.15, 0.2) is 24.3 Å². The van der Waals surface area contributed by atoms with Crippen molar-refractivity contribution < 1.29 is 14.7 Å². The van der Waals surface area contributed by atoms with Crippen molar-refractivity contribution in [3.8, 4) is 0 Å². The maximum absolute atomic E-state index is 11.8. The molecule has 0 radical (unpaired) electrons. The van der Waals surface area contributed by atoms with E-state index in [0.717, 1.165) is 11.6 Å². The first-order chi connectivity index (χ1) is 7.93. The third-order valence-electron chi connectivity index (χ3n) is 2.41. The second kappa shape index (κ2) is 5.64. The predicted molar refractivity (Wildman–Crippen MR) is 67.5 cm³/mol. The Balaban J connectivity index is 3.16. The zero-order valence-corrected chi connectivity index (χ0v) is 10.4. The topological polar surface area (TPSA) is 54.4 Å². The number of hydrogen-bond acceptors (Lipinski definition) is 2. The highest BCUT2D eigenvalue weighted by Gasteiger charge is 2.15. The van der Waals surface area contributed by atoms with E-state index >= 15 is 0 Å². The molecule has 3 nitrogen and oxygen atoms in total. The van der Waals surface area contributed by atoms with Gasteiger partial charge in [0.05, 0.1) is 5.38 Å². The van der Waals surface area contributed by atoms with Crippen LogP contribution in [0.1, 0.15) is 28.4 Å². The van der Waals surface area contributed by atoms with Gasteiger partial charge in [0.1, 0.15) is 0 Å². The highest BCUT2D eigenvalue weighted by molar-refractivity contribution is 6.33. The highest BCUT2D eigenvalue weighted by atomic mass is 35.5. The van der Waals surface area contributed by atoms with Gasteiger partial charge in [0.2, 0.25) is 0 Å². The number of alkyl halides is 1. The molecule has 0 fully saturated rings. The van der Waals surface area contributed by atoms with Crippen molar-refractivity contribution in [2.75, 3.05) is 0 Å². The Morgan fingerprint density at radius 3 is 2.59 bits per heavy atom. The first kappa shape index (κ1) is 13.5. The maximum Gasteiger partial charge on any atom is 0.328 e. The number of carbonyl (C=O) groups excluding carboxylic acids is 1. The fourth-order valence-electron chi connectivity index (χ4n) is 1.48. The molecule has 0 aliphatic carbocycles. The molecule has 1 atom stereocenters. The van der Waals surface area contributed by atoms with Gasteiger partial charge in [0, 0.05) is 11.6 Å². The zero-order valence-electron chi connectivity index (χ0n) is 9.61. The van der Waals surface area contributed by atoms with Crippen LogP contribution >= 0.6 is 11.6 Å². The number of carboxylic acids is 1. The standard InChI is InChI=1S/C13H13ClO3/c1-8-10(6-7-12(15)16)4-3-5-11(8)13(17)9(2)14/h3-7,9H,1-2H3,(H,15,16)/b7-6+. The van der Waals surface area contributed by atoms with Gasteiger partial charge in [-0.1, -0.05) is 18.2 Å². The van der Waals surface area contributed by atoms with Gasteiger partial charge >= 0.3 is 5.97 Å². The summed E-state index contributed by atoms with van der Waals surface area (Å²) in [5, 5.41) is 7.97. The molecular formula is C13H13ClO3. The van der Waals surface area contributed by atoms with Crippen LogP contribution in [-0.4, -0.2) is 22.2 Å². The second-order valence-electron chi connectivity index (χ2n) is 3.67. The van der Waals surface area contributed by atoms with Crippen LogP contribution in [0.3, 0.4) is 0 Å². The van der Waals surface area contributed by atoms with Gasteiger partial charge in [-0.2, -0.15) is 0 Å². The number of rotatable bonds is 4. The van der Waals surface area contributed by atoms with Crippen LogP contribution in [0.5, 0.6) is 0 Å². The number of carboxylic acid groups (broad SMARTS) is 1. The van der Waals surface area contributed by atoms with Crippen LogP contribution in [-0.2, 0) is 4.79 Å². The normalized spacial score (nSPS) is 12.6. The summed E-state index contributed by atoms with van der Waals surface area (Å²) in [4.78, 5) is 22.2. The molecule has 0 aliphatic rings. The Hall–Kier alpha value is -1.61. The van der Waals surface area contributed by atoms with Gasteiger partial charge in [-0.25, -0.2) is 4.79 Å². The van der Waals surface area contributed by atoms with Gasteiger partial charge in [-0.15, -0.1) is 11.6 Å². The molecule has 0 amide bonds. The van der Waals surface area contributed by atoms with Crippen molar-refractivity contribution in [1.82, 2.24) is 0 Å². The molecule has 0 aliphatic heterocycles. The SMILES string of the molecule is Cc1c(/C=C/C(=O)O)cccc1C(=O)C(C)Cl. The molecule has 17 heavy (non-hydrogen) atoms. The number of hydrogen-bond donors (Lipinski definition) is 1. The third kappa shape index (κ3) is 3.43. The minimum atomic E-state index is -1.02. The summed E-state index contributed by atoms with van der Waals surface area (Å²) in [6.07, 6.45) is 2.51. The Bertz CT molecular complexity index is 476. The van der Waals surface area contributed by atoms with Crippen molar-refractivity contribution >= 4 is 29.4 Å². The minimum Gasteiger partial charge on any atom is -0.478 e. The number of halogens is 1. The number of aliphatic carboxylic acids is 1. The summed E-state index contributed by atoms with van der Waals surface area (Å²) in [7, 11) is 0. The van der Waals surface area contributed by atoms with E-state index in [1.807, 2.05) is 0 Å². The maximum atomic E-state index is 11.8. The Morgan fingerprint density at radius 1 is 1.41 bits per heavy atom. The number of carbonyl (C=O) groups is 2. The minimum absolute atomic E-state index is 0.158. The molecule has 4 heteroatoms. The van der Waals surface area contributed by atoms with E-state index in [0.29, 0.717) is 11.1 Å². The molecule has 1 rings (SSSR count). The first-order valence-corrected chi connectivity index (χ1v) is 5.56. The van der Waals surface area contributed by atoms with Gasteiger partial charge < -0.3 is 5.11 Å². The number of Topliss-reactive ketones (excluding diaryl/α,β-unsaturated/α-hetero) is 1. The van der Waals surface area contributed by atoms with Crippen LogP contribution in [0.2, 0.25) is 0 Å². The fraction of sp³-hybridized carbons (Fsp3) is 0.231. The predicted octanol–water partition coefficient (Wildman–Crippen LogP) is 2.90. The van der Waals surface area contributed by atoms with E-state index in [9.17, 15) is 9.59 Å². The van der Waals surface area contributed by atoms with Crippen molar-refractivity contribution in [2.45, 2.75) is 19.2 Å². The van der Waals surface area contributed by atoms with E-state index in [2.05, 4.69) is 0 Å². The number of ketones is 1. The van der Waals surface area contributed by atoms with Crippen LogP contribution in [0.25, 0.3) is 6.08 Å². The van der Waals surface area contributed by atoms with Gasteiger partial charge in [0.25, 0.3) is 0 Å². The van der Waals surface area contributed by atoms with E-state index in [1.54, 1.807) is 32.0 Å². The molecule has 0 saturated carbocycles. The molecule has 0 aromatic heterocycles. The average Bonchev–Trinajstić information content (AvgIpc) is 2.26. The average molecular weight is 253 g/mol. The van der Waals surface area contributed by atoms with Crippen LogP contribution in [0, 0.1) is 6.92 Å². The smallest absolute Gasteiger partial charge is 0.328 e. The highest BCUT2D eigenvalue weighted by Crippen LogP contribution is 2.18. The van der Waals surface area contributed by atoms with Crippen LogP contribution in [0.4, 0.5) is 0 Å². The fourth-order valence-corrected chi connectivity index (χ4v) is 1.59. The third-order valence-corrected chi connectivity index (χ3v) is 2.61. The molecular weight excluding hydrogens is 240 g/mol. The number of benzene rings is 1. The van der Waals surface area contributed by atoms with Gasteiger partial charge in [-0.3, -0.25) is 4.79 Å². The summed E-state index contributed by atoms with van der Waals surface area (Å²) in [5.74, 6) is -1.18. The summed E-state index contributed by atoms with van der Waals surface area (Å²) in [6.45, 7) is 3.39. The molecule has 90 valence electrons. The zero-order chi connectivity index (χ0) is 13.0. The van der Waals surface area contributed by atoms with Crippen molar-refractivity contribution in [3.63, 3.8) is 0 Å². The second-order valence-corrected chi connectivity index (χ2v) is 4.33. The summed E-state index contributed by atoms with van der Waals surface area (Å²) >= 11 is 5.75. The molecule has 0 heterocycles. The summed E-state index contributed by atoms with van der Waals surface area (Å²) < 4.78 is 0. The summed E-state index contributed by atoms with van der Waals surface area (Å²) in [6, 6.07) is 5.15. The largest absolute Gasteiger partial charge is 0.478 e. The Kier molecular flexibility index (Phi) is 4.46. The van der Waals surface area contributed by atoms with Gasteiger partial charge in [0.15, 0.2) is 5.78 Å². The molecule has 0 bridgehead atoms. The van der Waals surface area contributed by atoms with E-state index in [1.165, 1.54) is 6.08 Å². The van der Waals surface area contributed by atoms with Crippen molar-refractivity contribution in [3.05, 3.63) is 41.0 Å². The van der Waals surface area contributed by atoms with Crippen molar-refractivity contribution in [2.24, 2.45) is 0 Å². The first-order valence-electron chi connectivity index (χ1n) is 5.12. The molecule has 0 spiro atoms. The molecule has 1 aromatic rings. The lowest BCUT2D eigenvalue weighted by molar-refractivity contribution is -0.131. The molecule has 1 aromatic carbocycles. The van der Waals surface area contributed by atoms with E-state index < -0.39 is 11.3 Å². The molecule has 1 N–H and O–H groups in total. The lowest BCUT2D eigenvalue weighted by atomic mass is 9.98. The van der Waals surface area contributed by atoms with E-state index in [-0.39, 0.29) is 5.78 Å². The van der Waals surface area contributed by atoms with E-state index in [4.69, 9.17) is 16.7 Å². The molecule has 0 saturated heterocycles. The van der Waals surface area contributed by atoms with Crippen molar-refractivity contribution in [1.29, 1.82) is 0 Å². The molecule has 1 unspecified atom stereocenters.